The van der Waals surface area contributed by atoms with Crippen LogP contribution in [0.3, 0.4) is 0 Å². The summed E-state index contributed by atoms with van der Waals surface area (Å²) in [6, 6.07) is 17.0. The summed E-state index contributed by atoms with van der Waals surface area (Å²) in [5.41, 5.74) is 6.86. The van der Waals surface area contributed by atoms with Crippen molar-refractivity contribution in [1.29, 1.82) is 0 Å². The van der Waals surface area contributed by atoms with Crippen LogP contribution in [-0.2, 0) is 16.0 Å². The van der Waals surface area contributed by atoms with Gasteiger partial charge in [0, 0.05) is 0 Å². The molecular weight excluding hydrogens is 374 g/mol. The average Bonchev–Trinajstić information content (AvgIpc) is 2.71. The second-order valence-corrected chi connectivity index (χ2v) is 6.76. The van der Waals surface area contributed by atoms with E-state index in [-0.39, 0.29) is 24.0 Å². The fraction of sp³-hybridized carbons (Fsp3) is 0.286. The molecule has 2 aromatic carbocycles. The Morgan fingerprint density at radius 2 is 1.68 bits per heavy atom. The Kier molecular flexibility index (Phi) is 8.42. The van der Waals surface area contributed by atoms with E-state index in [1.54, 1.807) is 0 Å². The number of benzene rings is 2. The third-order valence-corrected chi connectivity index (χ3v) is 4.40. The maximum atomic E-state index is 12.0. The lowest BCUT2D eigenvalue weighted by Gasteiger charge is -2.16. The van der Waals surface area contributed by atoms with Gasteiger partial charge in [-0.1, -0.05) is 62.4 Å². The highest BCUT2D eigenvalue weighted by Crippen LogP contribution is 2.28. The van der Waals surface area contributed by atoms with Crippen LogP contribution in [0.1, 0.15) is 37.3 Å². The first-order valence-electron chi connectivity index (χ1n) is 9.14. The van der Waals surface area contributed by atoms with Crippen LogP contribution in [-0.4, -0.2) is 23.5 Å². The lowest BCUT2D eigenvalue weighted by molar-refractivity contribution is -0.124. The Morgan fingerprint density at radius 3 is 2.39 bits per heavy atom. The number of hydrogen-bond acceptors (Lipinski definition) is 4. The highest BCUT2D eigenvalue weighted by Gasteiger charge is 2.11. The van der Waals surface area contributed by atoms with Gasteiger partial charge in [-0.15, -0.1) is 0 Å². The maximum Gasteiger partial charge on any atom is 0.276 e. The highest BCUT2D eigenvalue weighted by atomic mass is 32.1. The summed E-state index contributed by atoms with van der Waals surface area (Å²) in [5, 5.41) is 2.54. The van der Waals surface area contributed by atoms with Crippen LogP contribution < -0.4 is 20.9 Å². The Bertz CT molecular complexity index is 812. The molecule has 0 saturated heterocycles. The molecule has 6 nitrogen and oxygen atoms in total. The van der Waals surface area contributed by atoms with Crippen LogP contribution >= 0.6 is 12.2 Å². The molecule has 2 amide bonds. The van der Waals surface area contributed by atoms with Crippen molar-refractivity contribution in [3.8, 4) is 5.75 Å². The monoisotopic (exact) mass is 399 g/mol. The van der Waals surface area contributed by atoms with Gasteiger partial charge in [-0.25, -0.2) is 0 Å². The van der Waals surface area contributed by atoms with E-state index < -0.39 is 5.91 Å². The fourth-order valence-corrected chi connectivity index (χ4v) is 2.69. The van der Waals surface area contributed by atoms with Crippen molar-refractivity contribution in [3.63, 3.8) is 0 Å². The van der Waals surface area contributed by atoms with E-state index in [2.05, 4.69) is 30.0 Å². The molecule has 0 aromatic heterocycles. The fourth-order valence-electron chi connectivity index (χ4n) is 2.53. The van der Waals surface area contributed by atoms with Gasteiger partial charge >= 0.3 is 0 Å². The first-order chi connectivity index (χ1) is 13.5. The van der Waals surface area contributed by atoms with Crippen molar-refractivity contribution in [2.45, 2.75) is 32.6 Å². The number of nitrogens with one attached hydrogen (secondary N) is 3. The minimum Gasteiger partial charge on any atom is -0.483 e. The molecule has 2 aromatic rings. The molecule has 3 N–H and O–H groups in total. The van der Waals surface area contributed by atoms with E-state index in [1.807, 2.05) is 54.6 Å². The molecule has 0 radical (unpaired) electrons. The first-order valence-corrected chi connectivity index (χ1v) is 9.54. The zero-order chi connectivity index (χ0) is 20.4. The topological polar surface area (TPSA) is 79.5 Å². The highest BCUT2D eigenvalue weighted by molar-refractivity contribution is 7.80. The van der Waals surface area contributed by atoms with E-state index >= 15 is 0 Å². The number of ether oxygens (including phenoxy) is 1. The summed E-state index contributed by atoms with van der Waals surface area (Å²) >= 11 is 5.01. The molecule has 1 unspecified atom stereocenters. The second-order valence-electron chi connectivity index (χ2n) is 6.35. The molecule has 0 aliphatic heterocycles. The molecule has 148 valence electrons. The zero-order valence-corrected chi connectivity index (χ0v) is 16.8. The van der Waals surface area contributed by atoms with Gasteiger partial charge in [0.05, 0.1) is 6.42 Å². The molecule has 0 heterocycles. The number of amides is 2. The van der Waals surface area contributed by atoms with Crippen LogP contribution in [0.2, 0.25) is 0 Å². The van der Waals surface area contributed by atoms with E-state index in [1.165, 1.54) is 0 Å². The molecule has 2 rings (SSSR count). The van der Waals surface area contributed by atoms with Crippen molar-refractivity contribution in [2.75, 3.05) is 6.61 Å². The summed E-state index contributed by atoms with van der Waals surface area (Å²) in [6.07, 6.45) is 1.18. The molecule has 1 atom stereocenters. The van der Waals surface area contributed by atoms with Crippen LogP contribution in [0.4, 0.5) is 0 Å². The summed E-state index contributed by atoms with van der Waals surface area (Å²) in [7, 11) is 0. The lowest BCUT2D eigenvalue weighted by Crippen LogP contribution is -2.50. The molecule has 7 heteroatoms. The van der Waals surface area contributed by atoms with Gasteiger partial charge in [0.2, 0.25) is 5.91 Å². The van der Waals surface area contributed by atoms with Crippen LogP contribution in [0.15, 0.2) is 54.6 Å². The van der Waals surface area contributed by atoms with Gasteiger partial charge in [-0.05, 0) is 41.7 Å². The van der Waals surface area contributed by atoms with Gasteiger partial charge in [-0.2, -0.15) is 0 Å². The molecule has 0 aliphatic carbocycles. The number of hydrazine groups is 1. The Balaban J connectivity index is 1.74. The smallest absolute Gasteiger partial charge is 0.276 e. The van der Waals surface area contributed by atoms with Crippen LogP contribution in [0, 0.1) is 0 Å². The standard InChI is InChI=1S/C21H25N3O3S/c1-3-15(2)17-11-7-8-12-18(17)27-14-20(26)23-24-21(28)22-19(25)13-16-9-5-4-6-10-16/h4-12,15H,3,13-14H2,1-2H3,(H,23,26)(H2,22,24,25,28). The molecule has 0 fully saturated rings. The molecular formula is C21H25N3O3S. The summed E-state index contributed by atoms with van der Waals surface area (Å²) in [6.45, 7) is 4.05. The van der Waals surface area contributed by atoms with Gasteiger partial charge in [0.1, 0.15) is 5.75 Å². The summed E-state index contributed by atoms with van der Waals surface area (Å²) < 4.78 is 5.63. The lowest BCUT2D eigenvalue weighted by atomic mass is 9.98. The zero-order valence-electron chi connectivity index (χ0n) is 16.0. The van der Waals surface area contributed by atoms with Gasteiger partial charge in [0.15, 0.2) is 11.7 Å². The minimum absolute atomic E-state index is 0.0225. The van der Waals surface area contributed by atoms with Crippen molar-refractivity contribution < 1.29 is 14.3 Å². The van der Waals surface area contributed by atoms with Gasteiger partial charge in [0.25, 0.3) is 5.91 Å². The van der Waals surface area contributed by atoms with Crippen LogP contribution in [0.5, 0.6) is 5.75 Å². The predicted molar refractivity (Wildman–Crippen MR) is 113 cm³/mol. The molecule has 0 spiro atoms. The van der Waals surface area contributed by atoms with E-state index in [0.29, 0.717) is 11.7 Å². The SMILES string of the molecule is CCC(C)c1ccccc1OCC(=O)NNC(=S)NC(=O)Cc1ccccc1. The summed E-state index contributed by atoms with van der Waals surface area (Å²) in [5.74, 6) is 0.353. The molecule has 0 bridgehead atoms. The first kappa shape index (κ1) is 21.4. The number of carbonyl (C=O) groups is 2. The van der Waals surface area contributed by atoms with E-state index in [9.17, 15) is 9.59 Å². The molecule has 28 heavy (non-hydrogen) atoms. The third kappa shape index (κ3) is 7.00. The van der Waals surface area contributed by atoms with Crippen LogP contribution in [0.25, 0.3) is 0 Å². The Hall–Kier alpha value is -2.93. The second kappa shape index (κ2) is 11.0. The quantitative estimate of drug-likeness (QED) is 0.493. The average molecular weight is 400 g/mol. The Labute approximate surface area is 170 Å². The molecule has 0 saturated carbocycles. The van der Waals surface area contributed by atoms with Gasteiger partial charge in [-0.3, -0.25) is 20.4 Å². The number of para-hydroxylation sites is 1. The summed E-state index contributed by atoms with van der Waals surface area (Å²) in [4.78, 5) is 23.9. The number of thiocarbonyl (C=S) groups is 1. The number of hydrogen-bond donors (Lipinski definition) is 3. The minimum atomic E-state index is -0.404. The number of rotatable bonds is 7. The van der Waals surface area contributed by atoms with Gasteiger partial charge < -0.3 is 10.1 Å². The Morgan fingerprint density at radius 1 is 1.00 bits per heavy atom. The normalized spacial score (nSPS) is 11.2. The van der Waals surface area contributed by atoms with Crippen molar-refractivity contribution >= 4 is 29.1 Å². The van der Waals surface area contributed by atoms with Crippen molar-refractivity contribution in [2.24, 2.45) is 0 Å². The molecule has 0 aliphatic rings. The number of carbonyl (C=O) groups excluding carboxylic acids is 2. The van der Waals surface area contributed by atoms with E-state index in [4.69, 9.17) is 17.0 Å². The van der Waals surface area contributed by atoms with Crippen molar-refractivity contribution in [1.82, 2.24) is 16.2 Å². The third-order valence-electron chi connectivity index (χ3n) is 4.20. The predicted octanol–water partition coefficient (Wildman–Crippen LogP) is 2.84. The maximum absolute atomic E-state index is 12.0. The van der Waals surface area contributed by atoms with E-state index in [0.717, 1.165) is 17.5 Å². The van der Waals surface area contributed by atoms with Crippen molar-refractivity contribution in [3.05, 3.63) is 65.7 Å². The largest absolute Gasteiger partial charge is 0.483 e.